The molecule has 2 heterocycles. The fourth-order valence-electron chi connectivity index (χ4n) is 2.22. The molecule has 0 fully saturated rings. The molecule has 0 saturated heterocycles. The summed E-state index contributed by atoms with van der Waals surface area (Å²) in [5.74, 6) is 1.34. The van der Waals surface area contributed by atoms with Crippen LogP contribution in [0.25, 0.3) is 0 Å². The van der Waals surface area contributed by atoms with Crippen molar-refractivity contribution >= 4 is 5.95 Å². The molecule has 0 unspecified atom stereocenters. The lowest BCUT2D eigenvalue weighted by molar-refractivity contribution is -0.134. The van der Waals surface area contributed by atoms with Crippen molar-refractivity contribution in [1.29, 1.82) is 0 Å². The Hall–Kier alpha value is -2.12. The highest BCUT2D eigenvalue weighted by Gasteiger charge is 2.27. The number of nitrogens with one attached hydrogen (secondary N) is 1. The van der Waals surface area contributed by atoms with E-state index in [1.165, 1.54) is 12.3 Å². The zero-order chi connectivity index (χ0) is 17.0. The molecule has 0 bridgehead atoms. The summed E-state index contributed by atoms with van der Waals surface area (Å²) < 4.78 is 38.8. The number of halogens is 3. The van der Waals surface area contributed by atoms with E-state index in [2.05, 4.69) is 20.3 Å². The maximum absolute atomic E-state index is 12.3. The van der Waals surface area contributed by atoms with E-state index in [1.54, 1.807) is 6.20 Å². The van der Waals surface area contributed by atoms with Gasteiger partial charge in [0, 0.05) is 37.8 Å². The molecule has 0 spiro atoms. The van der Waals surface area contributed by atoms with Crippen LogP contribution in [0.2, 0.25) is 0 Å². The van der Waals surface area contributed by atoms with Crippen LogP contribution in [-0.4, -0.2) is 25.7 Å². The molecule has 0 aliphatic rings. The van der Waals surface area contributed by atoms with Gasteiger partial charge in [0.2, 0.25) is 5.95 Å². The normalized spacial score (nSPS) is 13.3. The van der Waals surface area contributed by atoms with E-state index in [9.17, 15) is 13.2 Å². The molecule has 8 heteroatoms. The molecular weight excluding hydrogens is 307 g/mol. The van der Waals surface area contributed by atoms with Gasteiger partial charge >= 0.3 is 6.18 Å². The maximum Gasteiger partial charge on any atom is 0.389 e. The van der Waals surface area contributed by atoms with Gasteiger partial charge in [-0.05, 0) is 18.4 Å². The standard InChI is InChI=1S/C15H20F3N5/c1-10(2)12(13-19-8-9-23(13)3)22-14-20-7-5-11(21-14)4-6-15(16,17)18/h5,7-10,12H,4,6H2,1-3H3,(H,20,21,22)/t12-/m0/s1. The summed E-state index contributed by atoms with van der Waals surface area (Å²) in [5, 5.41) is 3.17. The molecule has 5 nitrogen and oxygen atoms in total. The first kappa shape index (κ1) is 17.2. The number of imidazole rings is 1. The number of nitrogens with zero attached hydrogens (tertiary/aromatic N) is 4. The third kappa shape index (κ3) is 4.94. The summed E-state index contributed by atoms with van der Waals surface area (Å²) in [5.41, 5.74) is 0.363. The van der Waals surface area contributed by atoms with Gasteiger partial charge in [-0.2, -0.15) is 13.2 Å². The van der Waals surface area contributed by atoms with Crippen molar-refractivity contribution in [2.75, 3.05) is 5.32 Å². The second-order valence-corrected chi connectivity index (χ2v) is 5.75. The summed E-state index contributed by atoms with van der Waals surface area (Å²) in [6.45, 7) is 4.06. The highest BCUT2D eigenvalue weighted by atomic mass is 19.4. The van der Waals surface area contributed by atoms with Crippen LogP contribution in [0.15, 0.2) is 24.7 Å². The van der Waals surface area contributed by atoms with Gasteiger partial charge in [0.1, 0.15) is 5.82 Å². The first-order valence-electron chi connectivity index (χ1n) is 7.38. The molecular formula is C15H20F3N5. The van der Waals surface area contributed by atoms with Gasteiger partial charge in [0.15, 0.2) is 0 Å². The smallest absolute Gasteiger partial charge is 0.344 e. The van der Waals surface area contributed by atoms with Crippen molar-refractivity contribution in [3.05, 3.63) is 36.2 Å². The van der Waals surface area contributed by atoms with E-state index in [4.69, 9.17) is 0 Å². The van der Waals surface area contributed by atoms with Gasteiger partial charge in [0.05, 0.1) is 6.04 Å². The Kier molecular flexibility index (Phi) is 5.23. The second-order valence-electron chi connectivity index (χ2n) is 5.75. The molecule has 126 valence electrons. The van der Waals surface area contributed by atoms with E-state index in [0.717, 1.165) is 5.82 Å². The Morgan fingerprint density at radius 3 is 2.52 bits per heavy atom. The van der Waals surface area contributed by atoms with Crippen molar-refractivity contribution in [2.45, 2.75) is 38.9 Å². The first-order valence-corrected chi connectivity index (χ1v) is 7.38. The second kappa shape index (κ2) is 6.97. The SMILES string of the molecule is CC(C)[C@H](Nc1nccc(CCC(F)(F)F)n1)c1nccn1C. The first-order chi connectivity index (χ1) is 10.8. The van der Waals surface area contributed by atoms with Crippen LogP contribution >= 0.6 is 0 Å². The van der Waals surface area contributed by atoms with Crippen molar-refractivity contribution in [2.24, 2.45) is 13.0 Å². The Bertz CT molecular complexity index is 636. The van der Waals surface area contributed by atoms with Crippen molar-refractivity contribution < 1.29 is 13.2 Å². The minimum atomic E-state index is -4.19. The van der Waals surface area contributed by atoms with Crippen LogP contribution < -0.4 is 5.32 Å². The number of aromatic nitrogens is 4. The zero-order valence-electron chi connectivity index (χ0n) is 13.3. The third-order valence-electron chi connectivity index (χ3n) is 3.47. The van der Waals surface area contributed by atoms with Gasteiger partial charge in [-0.3, -0.25) is 0 Å². The molecule has 1 atom stereocenters. The molecule has 0 aromatic carbocycles. The van der Waals surface area contributed by atoms with Crippen LogP contribution in [0.4, 0.5) is 19.1 Å². The molecule has 0 radical (unpaired) electrons. The monoisotopic (exact) mass is 327 g/mol. The minimum Gasteiger partial charge on any atom is -0.344 e. The van der Waals surface area contributed by atoms with E-state index >= 15 is 0 Å². The highest BCUT2D eigenvalue weighted by molar-refractivity contribution is 5.29. The lowest BCUT2D eigenvalue weighted by Gasteiger charge is -2.22. The van der Waals surface area contributed by atoms with Crippen molar-refractivity contribution in [3.8, 4) is 0 Å². The van der Waals surface area contributed by atoms with Crippen molar-refractivity contribution in [3.63, 3.8) is 0 Å². The van der Waals surface area contributed by atoms with Crippen molar-refractivity contribution in [1.82, 2.24) is 19.5 Å². The van der Waals surface area contributed by atoms with Gasteiger partial charge in [0.25, 0.3) is 0 Å². The molecule has 23 heavy (non-hydrogen) atoms. The van der Waals surface area contributed by atoms with Crippen LogP contribution in [-0.2, 0) is 13.5 Å². The molecule has 0 amide bonds. The molecule has 1 N–H and O–H groups in total. The van der Waals surface area contributed by atoms with Gasteiger partial charge in [-0.15, -0.1) is 0 Å². The van der Waals surface area contributed by atoms with Crippen LogP contribution in [0, 0.1) is 5.92 Å². The summed E-state index contributed by atoms with van der Waals surface area (Å²) in [6, 6.07) is 1.37. The molecule has 2 aromatic heterocycles. The highest BCUT2D eigenvalue weighted by Crippen LogP contribution is 2.24. The predicted octanol–water partition coefficient (Wildman–Crippen LogP) is 3.51. The Labute approximate surface area is 133 Å². The number of aryl methyl sites for hydroxylation is 2. The summed E-state index contributed by atoms with van der Waals surface area (Å²) in [6.07, 6.45) is -0.227. The summed E-state index contributed by atoms with van der Waals surface area (Å²) in [7, 11) is 1.89. The Morgan fingerprint density at radius 2 is 1.96 bits per heavy atom. The van der Waals surface area contributed by atoms with Crippen LogP contribution in [0.3, 0.4) is 0 Å². The third-order valence-corrected chi connectivity index (χ3v) is 3.47. The fourth-order valence-corrected chi connectivity index (χ4v) is 2.22. The summed E-state index contributed by atoms with van der Waals surface area (Å²) >= 11 is 0. The minimum absolute atomic E-state index is 0.132. The van der Waals surface area contributed by atoms with Gasteiger partial charge in [-0.1, -0.05) is 13.8 Å². The predicted molar refractivity (Wildman–Crippen MR) is 80.8 cm³/mol. The van der Waals surface area contributed by atoms with E-state index in [-0.39, 0.29) is 18.4 Å². The lowest BCUT2D eigenvalue weighted by atomic mass is 10.0. The van der Waals surface area contributed by atoms with Crippen LogP contribution in [0.5, 0.6) is 0 Å². The topological polar surface area (TPSA) is 55.6 Å². The Morgan fingerprint density at radius 1 is 1.22 bits per heavy atom. The quantitative estimate of drug-likeness (QED) is 0.882. The molecule has 0 aliphatic carbocycles. The fraction of sp³-hybridized carbons (Fsp3) is 0.533. The molecule has 2 aromatic rings. The van der Waals surface area contributed by atoms with Crippen LogP contribution in [0.1, 0.15) is 37.8 Å². The largest absolute Gasteiger partial charge is 0.389 e. The van der Waals surface area contributed by atoms with E-state index in [0.29, 0.717) is 11.6 Å². The average Bonchev–Trinajstić information content (AvgIpc) is 2.88. The molecule has 2 rings (SSSR count). The maximum atomic E-state index is 12.3. The molecule has 0 saturated carbocycles. The number of alkyl halides is 3. The number of hydrogen-bond donors (Lipinski definition) is 1. The zero-order valence-corrected chi connectivity index (χ0v) is 13.3. The molecule has 0 aliphatic heterocycles. The lowest BCUT2D eigenvalue weighted by Crippen LogP contribution is -2.22. The van der Waals surface area contributed by atoms with Gasteiger partial charge in [-0.25, -0.2) is 15.0 Å². The average molecular weight is 327 g/mol. The van der Waals surface area contributed by atoms with Gasteiger partial charge < -0.3 is 9.88 Å². The summed E-state index contributed by atoms with van der Waals surface area (Å²) in [4.78, 5) is 12.6. The van der Waals surface area contributed by atoms with E-state index < -0.39 is 12.6 Å². The number of hydrogen-bond acceptors (Lipinski definition) is 4. The number of anilines is 1. The number of rotatable bonds is 6. The van der Waals surface area contributed by atoms with E-state index in [1.807, 2.05) is 31.7 Å². The Balaban J connectivity index is 2.13.